The lowest BCUT2D eigenvalue weighted by Gasteiger charge is -2.16. The molecule has 0 atom stereocenters. The number of furan rings is 1. The van der Waals surface area contributed by atoms with Gasteiger partial charge in [0.1, 0.15) is 18.2 Å². The van der Waals surface area contributed by atoms with Crippen LogP contribution in [0.15, 0.2) is 89.5 Å². The Bertz CT molecular complexity index is 1890. The molecule has 0 aliphatic heterocycles. The molecule has 0 saturated heterocycles. The number of rotatable bonds is 3. The molecule has 2 nitrogen and oxygen atoms in total. The topological polar surface area (TPSA) is 17.0 Å². The average Bonchev–Trinajstić information content (AvgIpc) is 3.27. The molecule has 2 heterocycles. The molecule has 3 heteroatoms. The number of nitrogens with zero attached hydrogens (tertiary/aromatic N) is 1. The molecule has 0 aliphatic rings. The van der Waals surface area contributed by atoms with Crippen LogP contribution in [0, 0.1) is 13.8 Å². The van der Waals surface area contributed by atoms with E-state index >= 15 is 0 Å². The number of benzene rings is 4. The molecule has 178 valence electrons. The van der Waals surface area contributed by atoms with Gasteiger partial charge in [0.15, 0.2) is 6.20 Å². The van der Waals surface area contributed by atoms with E-state index in [0.29, 0.717) is 5.56 Å². The van der Waals surface area contributed by atoms with Crippen molar-refractivity contribution in [1.82, 2.24) is 0 Å². The first-order chi connectivity index (χ1) is 18.4. The van der Waals surface area contributed by atoms with Crippen LogP contribution in [-0.2, 0) is 7.05 Å². The first-order valence-electron chi connectivity index (χ1n) is 13.9. The van der Waals surface area contributed by atoms with Gasteiger partial charge in [-0.1, -0.05) is 79.4 Å². The van der Waals surface area contributed by atoms with Crippen molar-refractivity contribution in [3.8, 4) is 22.4 Å². The van der Waals surface area contributed by atoms with E-state index in [1.165, 1.54) is 16.3 Å². The molecule has 0 N–H and O–H groups in total. The number of pyridine rings is 1. The summed E-state index contributed by atoms with van der Waals surface area (Å²) in [6, 6.07) is 27.7. The van der Waals surface area contributed by atoms with E-state index in [0.717, 1.165) is 49.5 Å². The number of aryl methyl sites for hydroxylation is 3. The minimum atomic E-state index is -2.15. The fourth-order valence-electron chi connectivity index (χ4n) is 5.24. The Balaban J connectivity index is 1.55. The van der Waals surface area contributed by atoms with Gasteiger partial charge in [-0.15, -0.1) is 0 Å². The molecule has 36 heavy (non-hydrogen) atoms. The number of aromatic nitrogens is 1. The predicted octanol–water partition coefficient (Wildman–Crippen LogP) is 8.06. The standard InChI is InChI=1S/C33H32NOSi/c1-21-7-18-30(34(3)20-21)31-22(2)8-16-28-27-17-13-24-9-10-25(19-29(24)32(27)35-33(28)31)23-11-14-26(15-12-23)36(4,5)6/h7-20H,1-6H3/q+1/i1D3. The molecule has 0 spiro atoms. The molecule has 0 fully saturated rings. The van der Waals surface area contributed by atoms with E-state index in [9.17, 15) is 0 Å². The van der Waals surface area contributed by atoms with Gasteiger partial charge in [0.05, 0.1) is 13.6 Å². The van der Waals surface area contributed by atoms with Crippen LogP contribution in [0.25, 0.3) is 55.1 Å². The van der Waals surface area contributed by atoms with Gasteiger partial charge in [-0.3, -0.25) is 0 Å². The van der Waals surface area contributed by atoms with Gasteiger partial charge < -0.3 is 4.42 Å². The van der Waals surface area contributed by atoms with Crippen molar-refractivity contribution in [3.63, 3.8) is 0 Å². The minimum absolute atomic E-state index is 0.319. The van der Waals surface area contributed by atoms with Crippen LogP contribution in [0.2, 0.25) is 19.6 Å². The highest BCUT2D eigenvalue weighted by Crippen LogP contribution is 2.40. The van der Waals surface area contributed by atoms with Crippen LogP contribution in [0.1, 0.15) is 15.2 Å². The molecule has 4 aromatic carbocycles. The highest BCUT2D eigenvalue weighted by molar-refractivity contribution is 6.88. The summed E-state index contributed by atoms with van der Waals surface area (Å²) in [5.74, 6) is 0. The molecule has 0 bridgehead atoms. The van der Waals surface area contributed by atoms with Gasteiger partial charge in [-0.05, 0) is 54.1 Å². The second-order valence-corrected chi connectivity index (χ2v) is 15.9. The Morgan fingerprint density at radius 2 is 1.44 bits per heavy atom. The van der Waals surface area contributed by atoms with Gasteiger partial charge >= 0.3 is 0 Å². The Morgan fingerprint density at radius 3 is 2.17 bits per heavy atom. The molecular weight excluding hydrogens is 454 g/mol. The fourth-order valence-corrected chi connectivity index (χ4v) is 6.41. The number of hydrogen-bond donors (Lipinski definition) is 0. The number of hydrogen-bond acceptors (Lipinski definition) is 1. The van der Waals surface area contributed by atoms with Crippen LogP contribution in [0.5, 0.6) is 0 Å². The van der Waals surface area contributed by atoms with E-state index in [4.69, 9.17) is 8.53 Å². The van der Waals surface area contributed by atoms with Crippen LogP contribution in [-0.4, -0.2) is 8.07 Å². The van der Waals surface area contributed by atoms with Gasteiger partial charge in [-0.2, -0.15) is 0 Å². The maximum Gasteiger partial charge on any atom is 0.216 e. The van der Waals surface area contributed by atoms with Crippen molar-refractivity contribution < 1.29 is 13.1 Å². The first-order valence-corrected chi connectivity index (χ1v) is 15.9. The van der Waals surface area contributed by atoms with Crippen molar-refractivity contribution in [2.45, 2.75) is 33.4 Å². The van der Waals surface area contributed by atoms with Crippen molar-refractivity contribution in [2.75, 3.05) is 0 Å². The summed E-state index contributed by atoms with van der Waals surface area (Å²) < 4.78 is 32.0. The summed E-state index contributed by atoms with van der Waals surface area (Å²) in [5.41, 5.74) is 7.35. The third-order valence-corrected chi connectivity index (χ3v) is 9.37. The molecular formula is C33H32NOSi+. The first kappa shape index (κ1) is 19.5. The highest BCUT2D eigenvalue weighted by atomic mass is 28.3. The smallest absolute Gasteiger partial charge is 0.216 e. The van der Waals surface area contributed by atoms with E-state index in [1.54, 1.807) is 12.3 Å². The van der Waals surface area contributed by atoms with E-state index < -0.39 is 14.9 Å². The van der Waals surface area contributed by atoms with Gasteiger partial charge in [-0.25, -0.2) is 4.57 Å². The summed E-state index contributed by atoms with van der Waals surface area (Å²) >= 11 is 0. The molecule has 6 rings (SSSR count). The molecule has 0 radical (unpaired) electrons. The Hall–Kier alpha value is -3.69. The zero-order chi connectivity index (χ0) is 27.7. The Kier molecular flexibility index (Phi) is 4.43. The maximum atomic E-state index is 7.79. The van der Waals surface area contributed by atoms with Crippen molar-refractivity contribution in [3.05, 3.63) is 96.2 Å². The third-order valence-electron chi connectivity index (χ3n) is 7.31. The van der Waals surface area contributed by atoms with Crippen LogP contribution >= 0.6 is 0 Å². The lowest BCUT2D eigenvalue weighted by Crippen LogP contribution is -2.37. The lowest BCUT2D eigenvalue weighted by atomic mass is 9.98. The van der Waals surface area contributed by atoms with Gasteiger partial charge in [0.2, 0.25) is 5.69 Å². The average molecular weight is 490 g/mol. The summed E-state index contributed by atoms with van der Waals surface area (Å²) in [6.45, 7) is 7.03. The maximum absolute atomic E-state index is 7.79. The van der Waals surface area contributed by atoms with Crippen LogP contribution in [0.3, 0.4) is 0 Å². The molecule has 6 aromatic rings. The largest absolute Gasteiger partial charge is 0.454 e. The summed E-state index contributed by atoms with van der Waals surface area (Å²) in [7, 11) is 0.534. The highest BCUT2D eigenvalue weighted by Gasteiger charge is 2.21. The quantitative estimate of drug-likeness (QED) is 0.181. The van der Waals surface area contributed by atoms with Crippen LogP contribution < -0.4 is 9.75 Å². The molecule has 0 aliphatic carbocycles. The summed E-state index contributed by atoms with van der Waals surface area (Å²) in [5, 5.41) is 5.80. The summed E-state index contributed by atoms with van der Waals surface area (Å²) in [4.78, 5) is 0. The zero-order valence-electron chi connectivity index (χ0n) is 24.4. The van der Waals surface area contributed by atoms with E-state index in [2.05, 4.69) is 93.3 Å². The third kappa shape index (κ3) is 3.66. The van der Waals surface area contributed by atoms with Crippen LogP contribution in [0.4, 0.5) is 0 Å². The normalized spacial score (nSPS) is 13.8. The Labute approximate surface area is 218 Å². The summed E-state index contributed by atoms with van der Waals surface area (Å²) in [6.07, 6.45) is 1.69. The van der Waals surface area contributed by atoms with Gasteiger partial charge in [0, 0.05) is 31.9 Å². The second-order valence-electron chi connectivity index (χ2n) is 10.9. The van der Waals surface area contributed by atoms with Crippen molar-refractivity contribution >= 4 is 46.0 Å². The van der Waals surface area contributed by atoms with Gasteiger partial charge in [0.25, 0.3) is 0 Å². The lowest BCUT2D eigenvalue weighted by molar-refractivity contribution is -0.660. The van der Waals surface area contributed by atoms with Crippen molar-refractivity contribution in [2.24, 2.45) is 7.05 Å². The van der Waals surface area contributed by atoms with Crippen molar-refractivity contribution in [1.29, 1.82) is 0 Å². The minimum Gasteiger partial charge on any atom is -0.454 e. The van der Waals surface area contributed by atoms with E-state index in [-0.39, 0.29) is 0 Å². The molecule has 0 amide bonds. The predicted molar refractivity (Wildman–Crippen MR) is 156 cm³/mol. The SMILES string of the molecule is [2H]C([2H])([2H])c1ccc(-c2c(C)ccc3c2oc2c4cc(-c5ccc([Si](C)(C)C)cc5)ccc4ccc32)[n+](C)c1. The van der Waals surface area contributed by atoms with E-state index in [1.807, 2.05) is 17.7 Å². The molecule has 0 saturated carbocycles. The molecule has 0 unspecified atom stereocenters. The Morgan fingerprint density at radius 1 is 0.750 bits per heavy atom. The zero-order valence-corrected chi connectivity index (χ0v) is 22.4. The fraction of sp³-hybridized carbons (Fsp3) is 0.182. The number of fused-ring (bicyclic) bond motifs is 5. The molecule has 2 aromatic heterocycles. The monoisotopic (exact) mass is 489 g/mol. The second kappa shape index (κ2) is 8.18.